The van der Waals surface area contributed by atoms with Crippen molar-refractivity contribution in [1.29, 1.82) is 0 Å². The first kappa shape index (κ1) is 24.2. The minimum Gasteiger partial charge on any atom is -0.495 e. The topological polar surface area (TPSA) is 119 Å². The molecule has 1 amide bonds. The second-order valence-electron chi connectivity index (χ2n) is 8.26. The van der Waals surface area contributed by atoms with Crippen LogP contribution in [-0.4, -0.2) is 43.8 Å². The highest BCUT2D eigenvalue weighted by atomic mass is 32.2. The van der Waals surface area contributed by atoms with Gasteiger partial charge in [0.05, 0.1) is 22.6 Å². The first-order valence-corrected chi connectivity index (χ1v) is 12.6. The highest BCUT2D eigenvalue weighted by molar-refractivity contribution is 7.92. The molecule has 3 aromatic rings. The lowest BCUT2D eigenvalue weighted by atomic mass is 10.0. The fourth-order valence-corrected chi connectivity index (χ4v) is 5.30. The summed E-state index contributed by atoms with van der Waals surface area (Å²) in [5, 5.41) is 11.1. The van der Waals surface area contributed by atoms with Gasteiger partial charge in [0.25, 0.3) is 21.6 Å². The zero-order chi connectivity index (χ0) is 25.0. The van der Waals surface area contributed by atoms with Crippen LogP contribution in [-0.2, 0) is 16.4 Å². The first-order valence-electron chi connectivity index (χ1n) is 11.1. The number of methoxy groups -OCH3 is 1. The van der Waals surface area contributed by atoms with Crippen LogP contribution < -0.4 is 9.46 Å². The third kappa shape index (κ3) is 5.43. The van der Waals surface area contributed by atoms with Crippen LogP contribution in [0, 0.1) is 10.1 Å². The number of benzene rings is 3. The monoisotopic (exact) mass is 495 g/mol. The molecule has 1 fully saturated rings. The second kappa shape index (κ2) is 10.1. The number of nitrogens with one attached hydrogen (secondary N) is 1. The summed E-state index contributed by atoms with van der Waals surface area (Å²) in [6.45, 7) is 0.657. The number of non-ortho nitro benzene ring substituents is 1. The van der Waals surface area contributed by atoms with Crippen molar-refractivity contribution in [3.8, 4) is 5.75 Å². The van der Waals surface area contributed by atoms with Crippen molar-refractivity contribution in [1.82, 2.24) is 4.90 Å². The van der Waals surface area contributed by atoms with Gasteiger partial charge in [0.2, 0.25) is 0 Å². The van der Waals surface area contributed by atoms with E-state index in [2.05, 4.69) is 4.72 Å². The Morgan fingerprint density at radius 2 is 1.83 bits per heavy atom. The number of nitro groups is 1. The quantitative estimate of drug-likeness (QED) is 0.369. The predicted molar refractivity (Wildman–Crippen MR) is 131 cm³/mol. The maximum absolute atomic E-state index is 13.2. The van der Waals surface area contributed by atoms with Crippen LogP contribution in [0.4, 0.5) is 11.4 Å². The van der Waals surface area contributed by atoms with Crippen molar-refractivity contribution in [3.63, 3.8) is 0 Å². The summed E-state index contributed by atoms with van der Waals surface area (Å²) in [6.07, 6.45) is 2.61. The molecule has 0 radical (unpaired) electrons. The molecule has 1 aliphatic rings. The molecule has 0 aliphatic carbocycles. The number of carbonyl (C=O) groups excluding carboxylic acids is 1. The van der Waals surface area contributed by atoms with E-state index in [9.17, 15) is 23.3 Å². The highest BCUT2D eigenvalue weighted by Gasteiger charge is 2.29. The zero-order valence-corrected chi connectivity index (χ0v) is 19.9. The van der Waals surface area contributed by atoms with E-state index in [0.29, 0.717) is 12.1 Å². The molecule has 3 aromatic carbocycles. The summed E-state index contributed by atoms with van der Waals surface area (Å²) in [5.74, 6) is 0.00477. The van der Waals surface area contributed by atoms with Gasteiger partial charge < -0.3 is 9.64 Å². The smallest absolute Gasteiger partial charge is 0.271 e. The molecule has 35 heavy (non-hydrogen) atoms. The standard InChI is InChI=1S/C25H25N3O6S/c1-34-24-14-11-21(28(30)31)17-23(24)26-35(32,33)22-12-9-19(10-13-22)25(29)27-15-5-8-20(27)16-18-6-3-2-4-7-18/h2-4,6-7,9-14,17,20,26H,5,8,15-16H2,1H3. The molecule has 1 saturated heterocycles. The Balaban J connectivity index is 1.51. The van der Waals surface area contributed by atoms with Crippen molar-refractivity contribution in [2.24, 2.45) is 0 Å². The van der Waals surface area contributed by atoms with Crippen LogP contribution in [0.2, 0.25) is 0 Å². The zero-order valence-electron chi connectivity index (χ0n) is 19.1. The van der Waals surface area contributed by atoms with Gasteiger partial charge in [-0.1, -0.05) is 30.3 Å². The maximum Gasteiger partial charge on any atom is 0.271 e. The van der Waals surface area contributed by atoms with E-state index in [0.717, 1.165) is 25.3 Å². The summed E-state index contributed by atoms with van der Waals surface area (Å²) in [4.78, 5) is 25.4. The Bertz CT molecular complexity index is 1330. The molecule has 1 unspecified atom stereocenters. The van der Waals surface area contributed by atoms with E-state index in [1.807, 2.05) is 35.2 Å². The Hall–Kier alpha value is -3.92. The summed E-state index contributed by atoms with van der Waals surface area (Å²) in [6, 6.07) is 19.4. The van der Waals surface area contributed by atoms with Crippen LogP contribution in [0.15, 0.2) is 77.7 Å². The lowest BCUT2D eigenvalue weighted by molar-refractivity contribution is -0.384. The van der Waals surface area contributed by atoms with Crippen LogP contribution in [0.3, 0.4) is 0 Å². The van der Waals surface area contributed by atoms with Crippen molar-refractivity contribution in [3.05, 3.63) is 94.0 Å². The van der Waals surface area contributed by atoms with Crippen LogP contribution >= 0.6 is 0 Å². The van der Waals surface area contributed by atoms with Gasteiger partial charge >= 0.3 is 0 Å². The molecular weight excluding hydrogens is 470 g/mol. The minimum absolute atomic E-state index is 0.0531. The van der Waals surface area contributed by atoms with Crippen molar-refractivity contribution < 1.29 is 22.9 Å². The highest BCUT2D eigenvalue weighted by Crippen LogP contribution is 2.31. The van der Waals surface area contributed by atoms with Crippen LogP contribution in [0.1, 0.15) is 28.8 Å². The molecule has 0 bridgehead atoms. The normalized spacial score (nSPS) is 15.6. The number of ether oxygens (including phenoxy) is 1. The van der Waals surface area contributed by atoms with E-state index in [1.165, 1.54) is 49.1 Å². The fraction of sp³-hybridized carbons (Fsp3) is 0.240. The number of anilines is 1. The van der Waals surface area contributed by atoms with Gasteiger partial charge in [-0.3, -0.25) is 19.6 Å². The third-order valence-corrected chi connectivity index (χ3v) is 7.38. The maximum atomic E-state index is 13.2. The lowest BCUT2D eigenvalue weighted by Gasteiger charge is -2.25. The number of likely N-dealkylation sites (tertiary alicyclic amines) is 1. The molecular formula is C25H25N3O6S. The summed E-state index contributed by atoms with van der Waals surface area (Å²) in [7, 11) is -2.74. The summed E-state index contributed by atoms with van der Waals surface area (Å²) >= 11 is 0. The molecule has 182 valence electrons. The number of nitro benzene ring substituents is 1. The average Bonchev–Trinajstić information content (AvgIpc) is 3.32. The number of hydrogen-bond acceptors (Lipinski definition) is 6. The molecule has 1 atom stereocenters. The lowest BCUT2D eigenvalue weighted by Crippen LogP contribution is -2.36. The van der Waals surface area contributed by atoms with Crippen molar-refractivity contribution in [2.45, 2.75) is 30.2 Å². The molecule has 1 heterocycles. The Kier molecular flexibility index (Phi) is 7.02. The number of sulfonamides is 1. The SMILES string of the molecule is COc1ccc([N+](=O)[O-])cc1NS(=O)(=O)c1ccc(C(=O)N2CCCC2Cc2ccccc2)cc1. The van der Waals surface area contributed by atoms with Crippen molar-refractivity contribution >= 4 is 27.3 Å². The van der Waals surface area contributed by atoms with Gasteiger partial charge in [-0.2, -0.15) is 0 Å². The molecule has 0 saturated carbocycles. The average molecular weight is 496 g/mol. The van der Waals surface area contributed by atoms with E-state index in [-0.39, 0.29) is 34.0 Å². The number of nitrogens with zero attached hydrogens (tertiary/aromatic N) is 2. The number of carbonyl (C=O) groups is 1. The van der Waals surface area contributed by atoms with Gasteiger partial charge in [-0.25, -0.2) is 8.42 Å². The molecule has 1 aliphatic heterocycles. The number of amides is 1. The Morgan fingerprint density at radius 1 is 1.11 bits per heavy atom. The number of hydrogen-bond donors (Lipinski definition) is 1. The van der Waals surface area contributed by atoms with Crippen molar-refractivity contribution in [2.75, 3.05) is 18.4 Å². The van der Waals surface area contributed by atoms with Gasteiger partial charge in [0.1, 0.15) is 5.75 Å². The minimum atomic E-state index is -4.08. The number of rotatable bonds is 8. The molecule has 9 nitrogen and oxygen atoms in total. The summed E-state index contributed by atoms with van der Waals surface area (Å²) < 4.78 is 33.3. The fourth-order valence-electron chi connectivity index (χ4n) is 4.24. The van der Waals surface area contributed by atoms with E-state index < -0.39 is 14.9 Å². The second-order valence-corrected chi connectivity index (χ2v) is 9.94. The van der Waals surface area contributed by atoms with E-state index >= 15 is 0 Å². The third-order valence-electron chi connectivity index (χ3n) is 6.00. The van der Waals surface area contributed by atoms with Gasteiger partial charge in [0.15, 0.2) is 0 Å². The molecule has 10 heteroatoms. The Morgan fingerprint density at radius 3 is 2.49 bits per heavy atom. The Labute approximate surface area is 203 Å². The summed E-state index contributed by atoms with van der Waals surface area (Å²) in [5.41, 5.74) is 1.24. The first-order chi connectivity index (χ1) is 16.8. The molecule has 0 aromatic heterocycles. The van der Waals surface area contributed by atoms with E-state index in [1.54, 1.807) is 0 Å². The van der Waals surface area contributed by atoms with Gasteiger partial charge in [-0.05, 0) is 55.2 Å². The molecule has 1 N–H and O–H groups in total. The van der Waals surface area contributed by atoms with Crippen LogP contribution in [0.5, 0.6) is 5.75 Å². The van der Waals surface area contributed by atoms with E-state index in [4.69, 9.17) is 4.74 Å². The predicted octanol–water partition coefficient (Wildman–Crippen LogP) is 4.25. The largest absolute Gasteiger partial charge is 0.495 e. The van der Waals surface area contributed by atoms with Gasteiger partial charge in [-0.15, -0.1) is 0 Å². The molecule has 4 rings (SSSR count). The van der Waals surface area contributed by atoms with Gasteiger partial charge in [0, 0.05) is 30.3 Å². The van der Waals surface area contributed by atoms with Crippen LogP contribution in [0.25, 0.3) is 0 Å². The molecule has 0 spiro atoms.